The van der Waals surface area contributed by atoms with E-state index >= 15 is 0 Å². The Morgan fingerprint density at radius 1 is 1.14 bits per heavy atom. The van der Waals surface area contributed by atoms with Crippen LogP contribution >= 0.6 is 0 Å². The smallest absolute Gasteiger partial charge is 0.331 e. The van der Waals surface area contributed by atoms with Crippen molar-refractivity contribution >= 4 is 11.9 Å². The lowest BCUT2D eigenvalue weighted by atomic mass is 10.1. The van der Waals surface area contributed by atoms with E-state index in [1.54, 1.807) is 0 Å². The van der Waals surface area contributed by atoms with Crippen molar-refractivity contribution in [1.29, 1.82) is 0 Å². The van der Waals surface area contributed by atoms with Gasteiger partial charge in [-0.3, -0.25) is 0 Å². The maximum absolute atomic E-state index is 10.6. The van der Waals surface area contributed by atoms with Gasteiger partial charge in [0.05, 0.1) is 0 Å². The molecule has 0 fully saturated rings. The summed E-state index contributed by atoms with van der Waals surface area (Å²) in [5.41, 5.74) is -0.0198. The first kappa shape index (κ1) is 12.7. The number of unbranched alkanes of at least 4 members (excludes halogenated alkanes) is 3. The first-order valence-corrected chi connectivity index (χ1v) is 4.74. The molecule has 0 atom stereocenters. The van der Waals surface area contributed by atoms with Crippen LogP contribution < -0.4 is 0 Å². The van der Waals surface area contributed by atoms with E-state index in [0.29, 0.717) is 6.42 Å². The number of carboxylic acids is 2. The van der Waals surface area contributed by atoms with E-state index in [1.807, 2.05) is 0 Å². The van der Waals surface area contributed by atoms with Gasteiger partial charge in [0.25, 0.3) is 0 Å². The molecule has 0 aromatic carbocycles. The second-order valence-corrected chi connectivity index (χ2v) is 3.12. The van der Waals surface area contributed by atoms with Crippen molar-refractivity contribution in [3.8, 4) is 0 Å². The van der Waals surface area contributed by atoms with E-state index in [0.717, 1.165) is 31.8 Å². The fraction of sp³-hybridized carbons (Fsp3) is 0.600. The zero-order valence-electron chi connectivity index (χ0n) is 8.32. The van der Waals surface area contributed by atoms with Crippen LogP contribution in [0.3, 0.4) is 0 Å². The minimum atomic E-state index is -1.20. The van der Waals surface area contributed by atoms with Crippen LogP contribution in [0.15, 0.2) is 11.6 Å². The van der Waals surface area contributed by atoms with Crippen molar-refractivity contribution in [1.82, 2.24) is 0 Å². The molecule has 4 nitrogen and oxygen atoms in total. The average Bonchev–Trinajstić information content (AvgIpc) is 2.09. The molecule has 0 aliphatic rings. The molecule has 0 bridgehead atoms. The molecule has 0 amide bonds. The Labute approximate surface area is 83.2 Å². The van der Waals surface area contributed by atoms with Gasteiger partial charge in [0.2, 0.25) is 0 Å². The fourth-order valence-electron chi connectivity index (χ4n) is 1.13. The predicted molar refractivity (Wildman–Crippen MR) is 52.1 cm³/mol. The minimum absolute atomic E-state index is 0.0198. The molecule has 4 heteroatoms. The third-order valence-corrected chi connectivity index (χ3v) is 1.87. The highest BCUT2D eigenvalue weighted by Gasteiger charge is 2.08. The molecule has 0 aromatic rings. The van der Waals surface area contributed by atoms with Gasteiger partial charge in [0.1, 0.15) is 0 Å². The lowest BCUT2D eigenvalue weighted by Crippen LogP contribution is -2.04. The molecule has 0 unspecified atom stereocenters. The number of rotatable bonds is 7. The number of hydrogen-bond donors (Lipinski definition) is 2. The van der Waals surface area contributed by atoms with Gasteiger partial charge in [0.15, 0.2) is 0 Å². The van der Waals surface area contributed by atoms with Crippen molar-refractivity contribution in [3.05, 3.63) is 11.6 Å². The Morgan fingerprint density at radius 3 is 2.21 bits per heavy atom. The topological polar surface area (TPSA) is 74.6 Å². The zero-order chi connectivity index (χ0) is 11.0. The summed E-state index contributed by atoms with van der Waals surface area (Å²) in [5.74, 6) is -2.33. The van der Waals surface area contributed by atoms with Gasteiger partial charge in [-0.05, 0) is 12.8 Å². The highest BCUT2D eigenvalue weighted by molar-refractivity contribution is 5.94. The normalized spacial score (nSPS) is 11.4. The molecular weight excluding hydrogens is 184 g/mol. The molecule has 0 saturated heterocycles. The molecule has 14 heavy (non-hydrogen) atoms. The third kappa shape index (κ3) is 6.22. The molecule has 0 rings (SSSR count). The second-order valence-electron chi connectivity index (χ2n) is 3.12. The number of carboxylic acid groups (broad SMARTS) is 2. The van der Waals surface area contributed by atoms with Gasteiger partial charge < -0.3 is 10.2 Å². The van der Waals surface area contributed by atoms with Crippen LogP contribution in [-0.4, -0.2) is 22.2 Å². The van der Waals surface area contributed by atoms with Crippen LogP contribution in [0.4, 0.5) is 0 Å². The molecular formula is C10H16O4. The predicted octanol–water partition coefficient (Wildman–Crippen LogP) is 2.05. The SMILES string of the molecule is CCCCCC/C(=C/C(=O)O)C(=O)O. The summed E-state index contributed by atoms with van der Waals surface area (Å²) in [6.45, 7) is 2.06. The molecule has 0 aliphatic heterocycles. The van der Waals surface area contributed by atoms with Crippen LogP contribution in [0, 0.1) is 0 Å². The molecule has 0 saturated carbocycles. The third-order valence-electron chi connectivity index (χ3n) is 1.87. The molecule has 0 heterocycles. The highest BCUT2D eigenvalue weighted by Crippen LogP contribution is 2.10. The maximum atomic E-state index is 10.6. The van der Waals surface area contributed by atoms with Crippen molar-refractivity contribution in [2.24, 2.45) is 0 Å². The number of carbonyl (C=O) groups is 2. The van der Waals surface area contributed by atoms with Gasteiger partial charge in [0, 0.05) is 11.6 Å². The van der Waals surface area contributed by atoms with Gasteiger partial charge in [-0.2, -0.15) is 0 Å². The van der Waals surface area contributed by atoms with Crippen molar-refractivity contribution < 1.29 is 19.8 Å². The van der Waals surface area contributed by atoms with Gasteiger partial charge in [-0.1, -0.05) is 26.2 Å². The number of aliphatic carboxylic acids is 2. The molecule has 0 aliphatic carbocycles. The summed E-state index contributed by atoms with van der Waals surface area (Å²) in [4.78, 5) is 20.8. The van der Waals surface area contributed by atoms with Crippen LogP contribution in [0.1, 0.15) is 39.0 Å². The van der Waals surface area contributed by atoms with Crippen molar-refractivity contribution in [2.45, 2.75) is 39.0 Å². The van der Waals surface area contributed by atoms with E-state index in [1.165, 1.54) is 0 Å². The quantitative estimate of drug-likeness (QED) is 0.487. The maximum Gasteiger partial charge on any atom is 0.331 e. The summed E-state index contributed by atoms with van der Waals surface area (Å²) in [5, 5.41) is 17.0. The van der Waals surface area contributed by atoms with Crippen LogP contribution in [0.2, 0.25) is 0 Å². The zero-order valence-corrected chi connectivity index (χ0v) is 8.32. The largest absolute Gasteiger partial charge is 0.478 e. The second kappa shape index (κ2) is 7.12. The van der Waals surface area contributed by atoms with Crippen molar-refractivity contribution in [3.63, 3.8) is 0 Å². The fourth-order valence-corrected chi connectivity index (χ4v) is 1.13. The monoisotopic (exact) mass is 200 g/mol. The van der Waals surface area contributed by atoms with Gasteiger partial charge in [-0.15, -0.1) is 0 Å². The molecule has 0 radical (unpaired) electrons. The molecule has 0 aromatic heterocycles. The Hall–Kier alpha value is -1.32. The van der Waals surface area contributed by atoms with Crippen LogP contribution in [-0.2, 0) is 9.59 Å². The number of hydrogen-bond acceptors (Lipinski definition) is 2. The summed E-state index contributed by atoms with van der Waals surface area (Å²) < 4.78 is 0. The average molecular weight is 200 g/mol. The van der Waals surface area contributed by atoms with E-state index in [4.69, 9.17) is 10.2 Å². The standard InChI is InChI=1S/C10H16O4/c1-2-3-4-5-6-8(10(13)14)7-9(11)12/h7H,2-6H2,1H3,(H,11,12)(H,13,14)/b8-7-. The lowest BCUT2D eigenvalue weighted by molar-refractivity contribution is -0.135. The molecule has 0 spiro atoms. The van der Waals surface area contributed by atoms with Crippen LogP contribution in [0.25, 0.3) is 0 Å². The summed E-state index contributed by atoms with van der Waals surface area (Å²) >= 11 is 0. The first-order valence-electron chi connectivity index (χ1n) is 4.74. The lowest BCUT2D eigenvalue weighted by Gasteiger charge is -2.00. The Balaban J connectivity index is 3.99. The highest BCUT2D eigenvalue weighted by atomic mass is 16.4. The van der Waals surface area contributed by atoms with Crippen molar-refractivity contribution in [2.75, 3.05) is 0 Å². The van der Waals surface area contributed by atoms with E-state index in [9.17, 15) is 9.59 Å². The van der Waals surface area contributed by atoms with Gasteiger partial charge >= 0.3 is 11.9 Å². The van der Waals surface area contributed by atoms with E-state index in [-0.39, 0.29) is 5.57 Å². The minimum Gasteiger partial charge on any atom is -0.478 e. The summed E-state index contributed by atoms with van der Waals surface area (Å²) in [6.07, 6.45) is 4.92. The van der Waals surface area contributed by atoms with E-state index < -0.39 is 11.9 Å². The Bertz CT molecular complexity index is 230. The van der Waals surface area contributed by atoms with Crippen LogP contribution in [0.5, 0.6) is 0 Å². The first-order chi connectivity index (χ1) is 6.57. The summed E-state index contributed by atoms with van der Waals surface area (Å²) in [7, 11) is 0. The van der Waals surface area contributed by atoms with Gasteiger partial charge in [-0.25, -0.2) is 9.59 Å². The molecule has 80 valence electrons. The molecule has 2 N–H and O–H groups in total. The van der Waals surface area contributed by atoms with E-state index in [2.05, 4.69) is 6.92 Å². The summed E-state index contributed by atoms with van der Waals surface area (Å²) in [6, 6.07) is 0. The Morgan fingerprint density at radius 2 is 1.79 bits per heavy atom. The Kier molecular flexibility index (Phi) is 6.45.